The molecule has 1 amide bonds. The Labute approximate surface area is 155 Å². The fourth-order valence-electron chi connectivity index (χ4n) is 2.04. The topological polar surface area (TPSA) is 93.8 Å². The van der Waals surface area contributed by atoms with Crippen LogP contribution in [0.25, 0.3) is 6.08 Å². The number of hydrazone groups is 1. The third-order valence-electron chi connectivity index (χ3n) is 3.33. The summed E-state index contributed by atoms with van der Waals surface area (Å²) in [4.78, 5) is 27.4. The van der Waals surface area contributed by atoms with Crippen molar-refractivity contribution in [3.05, 3.63) is 90.2 Å². The van der Waals surface area contributed by atoms with E-state index in [1.165, 1.54) is 30.8 Å². The molecule has 3 rings (SSSR count). The van der Waals surface area contributed by atoms with Gasteiger partial charge in [0.25, 0.3) is 5.91 Å². The van der Waals surface area contributed by atoms with Crippen molar-refractivity contribution < 1.29 is 18.7 Å². The molecule has 0 spiro atoms. The second-order valence-corrected chi connectivity index (χ2v) is 5.28. The third-order valence-corrected chi connectivity index (χ3v) is 3.33. The molecule has 0 aliphatic heterocycles. The molecule has 3 aromatic rings. The van der Waals surface area contributed by atoms with Crippen molar-refractivity contribution in [3.8, 4) is 5.75 Å². The molecule has 1 N–H and O–H groups in total. The van der Waals surface area contributed by atoms with Crippen LogP contribution in [0.2, 0.25) is 0 Å². The summed E-state index contributed by atoms with van der Waals surface area (Å²) >= 11 is 0. The Hall–Kier alpha value is -4.00. The smallest absolute Gasteiger partial charge is 0.336 e. The molecular formula is C20H15N3O4. The average molecular weight is 361 g/mol. The van der Waals surface area contributed by atoms with Crippen molar-refractivity contribution in [3.63, 3.8) is 0 Å². The molecule has 0 aliphatic rings. The molecule has 0 bridgehead atoms. The van der Waals surface area contributed by atoms with Crippen LogP contribution in [0.15, 0.2) is 82.8 Å². The van der Waals surface area contributed by atoms with Crippen molar-refractivity contribution in [1.29, 1.82) is 0 Å². The van der Waals surface area contributed by atoms with Crippen LogP contribution in [0, 0.1) is 0 Å². The average Bonchev–Trinajstić information content (AvgIpc) is 3.22. The number of amides is 1. The summed E-state index contributed by atoms with van der Waals surface area (Å²) in [6, 6.07) is 13.4. The number of esters is 1. The first kappa shape index (κ1) is 17.8. The van der Waals surface area contributed by atoms with Crippen LogP contribution in [-0.2, 0) is 4.79 Å². The number of furan rings is 1. The molecule has 2 heterocycles. The third kappa shape index (κ3) is 5.50. The van der Waals surface area contributed by atoms with E-state index in [9.17, 15) is 9.59 Å². The number of pyridine rings is 1. The second kappa shape index (κ2) is 8.91. The van der Waals surface area contributed by atoms with Gasteiger partial charge in [-0.1, -0.05) is 0 Å². The highest BCUT2D eigenvalue weighted by atomic mass is 16.5. The minimum Gasteiger partial charge on any atom is -0.465 e. The predicted octanol–water partition coefficient (Wildman–Crippen LogP) is 3.06. The van der Waals surface area contributed by atoms with Gasteiger partial charge in [-0.05, 0) is 60.2 Å². The lowest BCUT2D eigenvalue weighted by Gasteiger charge is -2.01. The van der Waals surface area contributed by atoms with Crippen LogP contribution < -0.4 is 10.2 Å². The number of rotatable bonds is 6. The molecule has 2 aromatic heterocycles. The van der Waals surface area contributed by atoms with Crippen LogP contribution in [0.1, 0.15) is 21.7 Å². The number of benzene rings is 1. The van der Waals surface area contributed by atoms with Gasteiger partial charge in [0.05, 0.1) is 18.0 Å². The van der Waals surface area contributed by atoms with Gasteiger partial charge in [0.2, 0.25) is 0 Å². The maximum atomic E-state index is 11.8. The zero-order valence-corrected chi connectivity index (χ0v) is 14.1. The molecule has 0 fully saturated rings. The van der Waals surface area contributed by atoms with E-state index in [1.807, 2.05) is 0 Å². The Morgan fingerprint density at radius 3 is 2.67 bits per heavy atom. The Morgan fingerprint density at radius 1 is 1.11 bits per heavy atom. The molecule has 27 heavy (non-hydrogen) atoms. The number of carbonyl (C=O) groups is 2. The van der Waals surface area contributed by atoms with Gasteiger partial charge < -0.3 is 9.15 Å². The van der Waals surface area contributed by atoms with Crippen molar-refractivity contribution >= 4 is 24.2 Å². The largest absolute Gasteiger partial charge is 0.465 e. The quantitative estimate of drug-likeness (QED) is 0.239. The van der Waals surface area contributed by atoms with Crippen molar-refractivity contribution in [2.75, 3.05) is 0 Å². The first-order valence-electron chi connectivity index (χ1n) is 7.97. The van der Waals surface area contributed by atoms with Crippen LogP contribution in [0.3, 0.4) is 0 Å². The molecule has 0 atom stereocenters. The zero-order valence-electron chi connectivity index (χ0n) is 14.1. The van der Waals surface area contributed by atoms with E-state index in [2.05, 4.69) is 15.5 Å². The van der Waals surface area contributed by atoms with Gasteiger partial charge in [-0.2, -0.15) is 5.10 Å². The molecule has 1 aromatic carbocycles. The number of aromatic nitrogens is 1. The zero-order chi connectivity index (χ0) is 18.9. The van der Waals surface area contributed by atoms with E-state index in [1.54, 1.807) is 54.7 Å². The number of hydrogen-bond acceptors (Lipinski definition) is 6. The Balaban J connectivity index is 1.51. The van der Waals surface area contributed by atoms with Gasteiger partial charge in [0, 0.05) is 18.5 Å². The summed E-state index contributed by atoms with van der Waals surface area (Å²) in [6.45, 7) is 0. The normalized spacial score (nSPS) is 11.0. The fraction of sp³-hybridized carbons (Fsp3) is 0. The Bertz CT molecular complexity index is 947. The van der Waals surface area contributed by atoms with Gasteiger partial charge in [0.1, 0.15) is 11.5 Å². The van der Waals surface area contributed by atoms with Crippen molar-refractivity contribution in [1.82, 2.24) is 10.4 Å². The molecule has 0 unspecified atom stereocenters. The van der Waals surface area contributed by atoms with Crippen LogP contribution in [0.4, 0.5) is 0 Å². The van der Waals surface area contributed by atoms with Gasteiger partial charge in [-0.25, -0.2) is 10.2 Å². The summed E-state index contributed by atoms with van der Waals surface area (Å²) in [5, 5.41) is 3.88. The van der Waals surface area contributed by atoms with Gasteiger partial charge in [-0.3, -0.25) is 9.78 Å². The number of nitrogens with one attached hydrogen (secondary N) is 1. The first-order chi connectivity index (χ1) is 13.2. The maximum absolute atomic E-state index is 11.8. The highest BCUT2D eigenvalue weighted by Crippen LogP contribution is 2.12. The van der Waals surface area contributed by atoms with E-state index >= 15 is 0 Å². The van der Waals surface area contributed by atoms with Gasteiger partial charge >= 0.3 is 5.97 Å². The second-order valence-electron chi connectivity index (χ2n) is 5.28. The summed E-state index contributed by atoms with van der Waals surface area (Å²) < 4.78 is 10.3. The van der Waals surface area contributed by atoms with E-state index in [0.29, 0.717) is 17.1 Å². The van der Waals surface area contributed by atoms with Gasteiger partial charge in [-0.15, -0.1) is 0 Å². The van der Waals surface area contributed by atoms with E-state index in [0.717, 1.165) is 5.56 Å². The highest BCUT2D eigenvalue weighted by Gasteiger charge is 2.03. The van der Waals surface area contributed by atoms with Crippen molar-refractivity contribution in [2.45, 2.75) is 0 Å². The molecular weight excluding hydrogens is 346 g/mol. The van der Waals surface area contributed by atoms with E-state index < -0.39 is 5.97 Å². The standard InChI is InChI=1S/C20H15N3O4/c24-19(10-9-17-4-2-12-26-17)27-18-7-5-15(6-8-18)13-22-23-20(25)16-3-1-11-21-14-16/h1-14H,(H,23,25). The lowest BCUT2D eigenvalue weighted by molar-refractivity contribution is -0.128. The summed E-state index contributed by atoms with van der Waals surface area (Å²) in [6.07, 6.45) is 8.84. The lowest BCUT2D eigenvalue weighted by Crippen LogP contribution is -2.17. The minimum atomic E-state index is -0.517. The predicted molar refractivity (Wildman–Crippen MR) is 99.1 cm³/mol. The summed E-state index contributed by atoms with van der Waals surface area (Å²) in [5.41, 5.74) is 3.56. The molecule has 7 heteroatoms. The molecule has 0 saturated heterocycles. The van der Waals surface area contributed by atoms with Crippen LogP contribution in [0.5, 0.6) is 5.75 Å². The minimum absolute atomic E-state index is 0.353. The number of ether oxygens (including phenoxy) is 1. The fourth-order valence-corrected chi connectivity index (χ4v) is 2.04. The van der Waals surface area contributed by atoms with Crippen LogP contribution >= 0.6 is 0 Å². The monoisotopic (exact) mass is 361 g/mol. The molecule has 0 radical (unpaired) electrons. The Kier molecular flexibility index (Phi) is 5.88. The maximum Gasteiger partial charge on any atom is 0.336 e. The molecule has 7 nitrogen and oxygen atoms in total. The number of hydrogen-bond donors (Lipinski definition) is 1. The first-order valence-corrected chi connectivity index (χ1v) is 7.97. The Morgan fingerprint density at radius 2 is 1.96 bits per heavy atom. The van der Waals surface area contributed by atoms with E-state index in [-0.39, 0.29) is 5.91 Å². The number of nitrogens with zero attached hydrogens (tertiary/aromatic N) is 2. The lowest BCUT2D eigenvalue weighted by atomic mass is 10.2. The molecule has 0 aliphatic carbocycles. The summed E-state index contributed by atoms with van der Waals surface area (Å²) in [5.74, 6) is 0.0808. The van der Waals surface area contributed by atoms with Crippen LogP contribution in [-0.4, -0.2) is 23.1 Å². The molecule has 134 valence electrons. The highest BCUT2D eigenvalue weighted by molar-refractivity contribution is 5.94. The number of carbonyl (C=O) groups excluding carboxylic acids is 2. The molecule has 0 saturated carbocycles. The van der Waals surface area contributed by atoms with Gasteiger partial charge in [0.15, 0.2) is 0 Å². The SMILES string of the molecule is O=C(C=Cc1ccco1)Oc1ccc(C=NNC(=O)c2cccnc2)cc1. The van der Waals surface area contributed by atoms with Crippen molar-refractivity contribution in [2.24, 2.45) is 5.10 Å². The summed E-state index contributed by atoms with van der Waals surface area (Å²) in [7, 11) is 0. The van der Waals surface area contributed by atoms with E-state index in [4.69, 9.17) is 9.15 Å².